The summed E-state index contributed by atoms with van der Waals surface area (Å²) in [5.74, 6) is 0.330. The zero-order valence-electron chi connectivity index (χ0n) is 9.49. The molecule has 0 amide bonds. The molecule has 0 aliphatic carbocycles. The topological polar surface area (TPSA) is 94.0 Å². The van der Waals surface area contributed by atoms with E-state index in [1.54, 1.807) is 26.2 Å². The van der Waals surface area contributed by atoms with Crippen molar-refractivity contribution in [1.82, 2.24) is 20.2 Å². The van der Waals surface area contributed by atoms with E-state index < -0.39 is 5.97 Å². The van der Waals surface area contributed by atoms with Crippen molar-refractivity contribution in [2.45, 2.75) is 26.3 Å². The van der Waals surface area contributed by atoms with E-state index in [-0.39, 0.29) is 12.5 Å². The third kappa shape index (κ3) is 2.17. The first-order chi connectivity index (χ1) is 8.09. The van der Waals surface area contributed by atoms with Crippen molar-refractivity contribution in [3.05, 3.63) is 18.1 Å². The molecule has 0 saturated heterocycles. The van der Waals surface area contributed by atoms with Crippen LogP contribution >= 0.6 is 0 Å². The van der Waals surface area contributed by atoms with Gasteiger partial charge in [0.2, 0.25) is 0 Å². The zero-order valence-corrected chi connectivity index (χ0v) is 9.49. The lowest BCUT2D eigenvalue weighted by molar-refractivity contribution is -0.137. The number of carbonyl (C=O) groups is 1. The van der Waals surface area contributed by atoms with E-state index >= 15 is 0 Å². The highest BCUT2D eigenvalue weighted by Gasteiger charge is 2.19. The zero-order chi connectivity index (χ0) is 12.4. The highest BCUT2D eigenvalue weighted by molar-refractivity contribution is 5.67. The maximum absolute atomic E-state index is 10.7. The van der Waals surface area contributed by atoms with Crippen LogP contribution in [-0.4, -0.2) is 31.3 Å². The fourth-order valence-corrected chi connectivity index (χ4v) is 1.62. The number of aryl methyl sites for hydroxylation is 1. The quantitative estimate of drug-likeness (QED) is 0.859. The summed E-state index contributed by atoms with van der Waals surface area (Å²) in [4.78, 5) is 10.7. The van der Waals surface area contributed by atoms with Crippen molar-refractivity contribution in [2.75, 3.05) is 0 Å². The molecule has 2 heterocycles. The third-order valence-electron chi connectivity index (χ3n) is 2.48. The van der Waals surface area contributed by atoms with Gasteiger partial charge in [-0.05, 0) is 30.3 Å². The Morgan fingerprint density at radius 3 is 3.00 bits per heavy atom. The number of carboxylic acids is 1. The number of aromatic nitrogens is 4. The van der Waals surface area contributed by atoms with Gasteiger partial charge in [-0.1, -0.05) is 0 Å². The van der Waals surface area contributed by atoms with Gasteiger partial charge in [-0.25, -0.2) is 4.68 Å². The summed E-state index contributed by atoms with van der Waals surface area (Å²) in [6.45, 7) is 3.56. The fraction of sp³-hybridized carbons (Fsp3) is 0.400. The van der Waals surface area contributed by atoms with Crippen LogP contribution in [0.25, 0.3) is 11.4 Å². The molecule has 2 aromatic heterocycles. The highest BCUT2D eigenvalue weighted by Crippen LogP contribution is 2.24. The molecule has 0 radical (unpaired) electrons. The number of hydrogen-bond acceptors (Lipinski definition) is 5. The van der Waals surface area contributed by atoms with Gasteiger partial charge in [-0.2, -0.15) is 0 Å². The smallest absolute Gasteiger partial charge is 0.305 e. The molecule has 0 bridgehead atoms. The fourth-order valence-electron chi connectivity index (χ4n) is 1.62. The number of rotatable bonds is 4. The molecule has 7 heteroatoms. The molecular weight excluding hydrogens is 224 g/mol. The van der Waals surface area contributed by atoms with E-state index in [0.29, 0.717) is 11.6 Å². The molecule has 0 aliphatic rings. The molecular formula is C10H12N4O3. The molecule has 0 saturated carbocycles. The van der Waals surface area contributed by atoms with Crippen LogP contribution in [0, 0.1) is 6.92 Å². The monoisotopic (exact) mass is 236 g/mol. The average Bonchev–Trinajstić information content (AvgIpc) is 2.83. The van der Waals surface area contributed by atoms with Crippen molar-refractivity contribution < 1.29 is 14.3 Å². The highest BCUT2D eigenvalue weighted by atomic mass is 16.4. The van der Waals surface area contributed by atoms with Gasteiger partial charge in [-0.3, -0.25) is 4.79 Å². The predicted molar refractivity (Wildman–Crippen MR) is 57.2 cm³/mol. The molecule has 7 nitrogen and oxygen atoms in total. The Bertz CT molecular complexity index is 531. The summed E-state index contributed by atoms with van der Waals surface area (Å²) in [7, 11) is 0. The van der Waals surface area contributed by atoms with Gasteiger partial charge in [0.25, 0.3) is 0 Å². The van der Waals surface area contributed by atoms with Gasteiger partial charge in [-0.15, -0.1) is 5.10 Å². The van der Waals surface area contributed by atoms with Crippen LogP contribution in [0.3, 0.4) is 0 Å². The molecule has 1 N–H and O–H groups in total. The average molecular weight is 236 g/mol. The van der Waals surface area contributed by atoms with Gasteiger partial charge in [0, 0.05) is 0 Å². The van der Waals surface area contributed by atoms with E-state index in [9.17, 15) is 4.79 Å². The second-order valence-electron chi connectivity index (χ2n) is 3.78. The van der Waals surface area contributed by atoms with Crippen molar-refractivity contribution in [2.24, 2.45) is 0 Å². The van der Waals surface area contributed by atoms with Crippen LogP contribution in [0.1, 0.15) is 25.1 Å². The standard InChI is InChI=1S/C10H12N4O3/c1-6(5-9(15)16)14-10(11-12-13-14)8-3-4-17-7(8)2/h3-4,6H,5H2,1-2H3,(H,15,16). The number of aliphatic carboxylic acids is 1. The van der Waals surface area contributed by atoms with Gasteiger partial charge < -0.3 is 9.52 Å². The second-order valence-corrected chi connectivity index (χ2v) is 3.78. The van der Waals surface area contributed by atoms with Crippen molar-refractivity contribution in [3.8, 4) is 11.4 Å². The maximum Gasteiger partial charge on any atom is 0.305 e. The molecule has 0 fully saturated rings. The van der Waals surface area contributed by atoms with Crippen molar-refractivity contribution in [1.29, 1.82) is 0 Å². The molecule has 0 spiro atoms. The van der Waals surface area contributed by atoms with E-state index in [4.69, 9.17) is 9.52 Å². The number of carboxylic acid groups (broad SMARTS) is 1. The van der Waals surface area contributed by atoms with Crippen LogP contribution in [0.4, 0.5) is 0 Å². The predicted octanol–water partition coefficient (Wildman–Crippen LogP) is 1.28. The second kappa shape index (κ2) is 4.36. The Kier molecular flexibility index (Phi) is 2.90. The summed E-state index contributed by atoms with van der Waals surface area (Å²) in [6, 6.07) is 1.44. The number of tetrazole rings is 1. The summed E-state index contributed by atoms with van der Waals surface area (Å²) < 4.78 is 6.67. The van der Waals surface area contributed by atoms with Crippen LogP contribution in [0.5, 0.6) is 0 Å². The molecule has 1 atom stereocenters. The van der Waals surface area contributed by atoms with Crippen molar-refractivity contribution >= 4 is 5.97 Å². The first-order valence-electron chi connectivity index (χ1n) is 5.13. The molecule has 17 heavy (non-hydrogen) atoms. The number of nitrogens with zero attached hydrogens (tertiary/aromatic N) is 4. The molecule has 1 unspecified atom stereocenters. The minimum atomic E-state index is -0.886. The summed E-state index contributed by atoms with van der Waals surface area (Å²) in [5, 5.41) is 20.0. The summed E-state index contributed by atoms with van der Waals surface area (Å²) in [5.41, 5.74) is 0.771. The lowest BCUT2D eigenvalue weighted by atomic mass is 10.2. The van der Waals surface area contributed by atoms with Gasteiger partial charge in [0.05, 0.1) is 24.3 Å². The number of hydrogen-bond donors (Lipinski definition) is 1. The van der Waals surface area contributed by atoms with Crippen molar-refractivity contribution in [3.63, 3.8) is 0 Å². The van der Waals surface area contributed by atoms with E-state index in [1.165, 1.54) is 4.68 Å². The maximum atomic E-state index is 10.7. The Morgan fingerprint density at radius 1 is 1.65 bits per heavy atom. The van der Waals surface area contributed by atoms with Gasteiger partial charge in [0.15, 0.2) is 5.82 Å². The summed E-state index contributed by atoms with van der Waals surface area (Å²) >= 11 is 0. The minimum absolute atomic E-state index is 0.0328. The Balaban J connectivity index is 2.35. The van der Waals surface area contributed by atoms with Crippen LogP contribution in [0.15, 0.2) is 16.7 Å². The number of furan rings is 1. The minimum Gasteiger partial charge on any atom is -0.481 e. The van der Waals surface area contributed by atoms with Gasteiger partial charge >= 0.3 is 5.97 Å². The summed E-state index contributed by atoms with van der Waals surface area (Å²) in [6.07, 6.45) is 1.51. The van der Waals surface area contributed by atoms with Crippen LogP contribution in [-0.2, 0) is 4.79 Å². The first-order valence-corrected chi connectivity index (χ1v) is 5.13. The molecule has 0 aromatic carbocycles. The van der Waals surface area contributed by atoms with E-state index in [1.807, 2.05) is 0 Å². The SMILES string of the molecule is Cc1occc1-c1nnnn1C(C)CC(=O)O. The molecule has 90 valence electrons. The lowest BCUT2D eigenvalue weighted by Crippen LogP contribution is -2.13. The normalized spacial score (nSPS) is 12.6. The first kappa shape index (κ1) is 11.3. The third-order valence-corrected chi connectivity index (χ3v) is 2.48. The van der Waals surface area contributed by atoms with Crippen LogP contribution in [0.2, 0.25) is 0 Å². The molecule has 2 rings (SSSR count). The van der Waals surface area contributed by atoms with E-state index in [0.717, 1.165) is 5.56 Å². The van der Waals surface area contributed by atoms with Gasteiger partial charge in [0.1, 0.15) is 5.76 Å². The molecule has 2 aromatic rings. The van der Waals surface area contributed by atoms with Crippen LogP contribution < -0.4 is 0 Å². The molecule has 0 aliphatic heterocycles. The Hall–Kier alpha value is -2.18. The lowest BCUT2D eigenvalue weighted by Gasteiger charge is -2.10. The Labute approximate surface area is 97.0 Å². The largest absolute Gasteiger partial charge is 0.481 e. The Morgan fingerprint density at radius 2 is 2.41 bits per heavy atom. The van der Waals surface area contributed by atoms with E-state index in [2.05, 4.69) is 15.5 Å².